The molecule has 0 unspecified atom stereocenters. The average molecular weight is 407 g/mol. The van der Waals surface area contributed by atoms with Crippen LogP contribution in [0.1, 0.15) is 22.8 Å². The minimum absolute atomic E-state index is 0.0208. The van der Waals surface area contributed by atoms with Gasteiger partial charge in [-0.3, -0.25) is 4.79 Å². The maximum Gasteiger partial charge on any atom is 0.417 e. The average Bonchev–Trinajstić information content (AvgIpc) is 2.55. The van der Waals surface area contributed by atoms with Crippen LogP contribution in [0.4, 0.5) is 18.9 Å². The van der Waals surface area contributed by atoms with E-state index in [1.165, 1.54) is 24.3 Å². The minimum Gasteiger partial charge on any atom is -0.322 e. The summed E-state index contributed by atoms with van der Waals surface area (Å²) in [7, 11) is -3.77. The molecule has 10 heteroatoms. The maximum atomic E-state index is 12.9. The van der Waals surface area contributed by atoms with Crippen molar-refractivity contribution in [2.45, 2.75) is 18.0 Å². The first kappa shape index (κ1) is 20.2. The zero-order chi connectivity index (χ0) is 19.5. The Hall–Kier alpha value is -2.10. The summed E-state index contributed by atoms with van der Waals surface area (Å²) in [5.41, 5.74) is -1.22. The lowest BCUT2D eigenvalue weighted by molar-refractivity contribution is -0.137. The molecule has 0 saturated carbocycles. The molecule has 0 aliphatic heterocycles. The summed E-state index contributed by atoms with van der Waals surface area (Å²) in [6.07, 6.45) is -4.67. The van der Waals surface area contributed by atoms with Crippen molar-refractivity contribution < 1.29 is 26.4 Å². The van der Waals surface area contributed by atoms with Crippen LogP contribution in [-0.2, 0) is 16.2 Å². The van der Waals surface area contributed by atoms with Crippen molar-refractivity contribution in [1.82, 2.24) is 4.72 Å². The third-order valence-corrected chi connectivity index (χ3v) is 5.14. The number of anilines is 1. The lowest BCUT2D eigenvalue weighted by Gasteiger charge is -2.12. The number of rotatable bonds is 5. The van der Waals surface area contributed by atoms with Gasteiger partial charge < -0.3 is 5.32 Å². The third kappa shape index (κ3) is 4.75. The van der Waals surface area contributed by atoms with Crippen LogP contribution in [0, 0.1) is 0 Å². The Labute approximate surface area is 153 Å². The summed E-state index contributed by atoms with van der Waals surface area (Å²) < 4.78 is 64.9. The lowest BCUT2D eigenvalue weighted by atomic mass is 10.1. The molecule has 0 atom stereocenters. The van der Waals surface area contributed by atoms with Crippen LogP contribution in [0.5, 0.6) is 0 Å². The predicted octanol–water partition coefficient (Wildman–Crippen LogP) is 3.91. The Morgan fingerprint density at radius 1 is 1.15 bits per heavy atom. The lowest BCUT2D eigenvalue weighted by Crippen LogP contribution is -2.23. The van der Waals surface area contributed by atoms with E-state index in [4.69, 9.17) is 11.6 Å². The second-order valence-electron chi connectivity index (χ2n) is 5.18. The number of hydrogen-bond acceptors (Lipinski definition) is 3. The zero-order valence-corrected chi connectivity index (χ0v) is 15.0. The van der Waals surface area contributed by atoms with Crippen LogP contribution in [-0.4, -0.2) is 20.9 Å². The van der Waals surface area contributed by atoms with Gasteiger partial charge in [-0.25, -0.2) is 13.1 Å². The fraction of sp³-hybridized carbons (Fsp3) is 0.188. The normalized spacial score (nSPS) is 12.0. The molecule has 0 fully saturated rings. The molecule has 0 aliphatic carbocycles. The monoisotopic (exact) mass is 406 g/mol. The largest absolute Gasteiger partial charge is 0.417 e. The van der Waals surface area contributed by atoms with E-state index in [1.807, 2.05) is 0 Å². The molecule has 0 spiro atoms. The third-order valence-electron chi connectivity index (χ3n) is 3.27. The van der Waals surface area contributed by atoms with Crippen molar-refractivity contribution in [2.75, 3.05) is 11.9 Å². The first-order valence-corrected chi connectivity index (χ1v) is 9.18. The summed E-state index contributed by atoms with van der Waals surface area (Å²) in [6.45, 7) is 1.77. The van der Waals surface area contributed by atoms with E-state index in [9.17, 15) is 26.4 Å². The first-order valence-electron chi connectivity index (χ1n) is 7.32. The highest BCUT2D eigenvalue weighted by Crippen LogP contribution is 2.36. The molecule has 2 rings (SSSR count). The molecule has 0 heterocycles. The van der Waals surface area contributed by atoms with Crippen LogP contribution in [0.2, 0.25) is 5.02 Å². The number of alkyl halides is 3. The summed E-state index contributed by atoms with van der Waals surface area (Å²) in [6, 6.07) is 8.09. The zero-order valence-electron chi connectivity index (χ0n) is 13.4. The van der Waals surface area contributed by atoms with E-state index < -0.39 is 32.7 Å². The van der Waals surface area contributed by atoms with Crippen LogP contribution in [0.15, 0.2) is 47.4 Å². The Balaban J connectivity index is 2.29. The predicted molar refractivity (Wildman–Crippen MR) is 91.7 cm³/mol. The van der Waals surface area contributed by atoms with Gasteiger partial charge in [0, 0.05) is 17.8 Å². The second-order valence-corrected chi connectivity index (χ2v) is 7.35. The van der Waals surface area contributed by atoms with Gasteiger partial charge in [0.15, 0.2) is 0 Å². The number of halogens is 4. The highest BCUT2D eigenvalue weighted by atomic mass is 35.5. The number of amides is 1. The van der Waals surface area contributed by atoms with Crippen molar-refractivity contribution in [3.05, 3.63) is 58.6 Å². The van der Waals surface area contributed by atoms with Crippen molar-refractivity contribution in [3.63, 3.8) is 0 Å². The second kappa shape index (κ2) is 7.65. The van der Waals surface area contributed by atoms with Gasteiger partial charge in [0.05, 0.1) is 15.5 Å². The van der Waals surface area contributed by atoms with Gasteiger partial charge in [0.25, 0.3) is 5.91 Å². The van der Waals surface area contributed by atoms with Gasteiger partial charge in [0.2, 0.25) is 10.0 Å². The van der Waals surface area contributed by atoms with Gasteiger partial charge in [-0.2, -0.15) is 13.2 Å². The maximum absolute atomic E-state index is 12.9. The minimum atomic E-state index is -4.67. The quantitative estimate of drug-likeness (QED) is 0.790. The molecule has 26 heavy (non-hydrogen) atoms. The molecule has 0 bridgehead atoms. The van der Waals surface area contributed by atoms with Gasteiger partial charge in [-0.15, -0.1) is 0 Å². The standard InChI is InChI=1S/C16H14ClF3N2O3S/c1-2-21-26(24,25)12-5-3-4-10(8-12)15(23)22-11-6-7-14(17)13(9-11)16(18,19)20/h3-9,21H,2H2,1H3,(H,22,23). The molecule has 2 aromatic rings. The molecule has 0 aliphatic rings. The van der Waals surface area contributed by atoms with Crippen LogP contribution < -0.4 is 10.0 Å². The molecule has 5 nitrogen and oxygen atoms in total. The molecular weight excluding hydrogens is 393 g/mol. The van der Waals surface area contributed by atoms with Gasteiger partial charge in [-0.1, -0.05) is 24.6 Å². The number of sulfonamides is 1. The summed E-state index contributed by atoms with van der Waals surface area (Å²) in [5.74, 6) is -0.756. The van der Waals surface area contributed by atoms with E-state index in [2.05, 4.69) is 10.0 Å². The fourth-order valence-corrected chi connectivity index (χ4v) is 3.41. The molecule has 2 N–H and O–H groups in total. The highest BCUT2D eigenvalue weighted by Gasteiger charge is 2.33. The van der Waals surface area contributed by atoms with E-state index >= 15 is 0 Å². The van der Waals surface area contributed by atoms with E-state index in [-0.39, 0.29) is 22.7 Å². The molecule has 0 saturated heterocycles. The number of benzene rings is 2. The summed E-state index contributed by atoms with van der Waals surface area (Å²) >= 11 is 5.53. The molecule has 1 amide bonds. The molecule has 0 radical (unpaired) electrons. The topological polar surface area (TPSA) is 75.3 Å². The van der Waals surface area contributed by atoms with Crippen molar-refractivity contribution in [1.29, 1.82) is 0 Å². The van der Waals surface area contributed by atoms with E-state index in [1.54, 1.807) is 6.92 Å². The smallest absolute Gasteiger partial charge is 0.322 e. The van der Waals surface area contributed by atoms with Crippen molar-refractivity contribution in [3.8, 4) is 0 Å². The van der Waals surface area contributed by atoms with Gasteiger partial charge in [0.1, 0.15) is 0 Å². The molecule has 2 aromatic carbocycles. The number of hydrogen-bond donors (Lipinski definition) is 2. The van der Waals surface area contributed by atoms with Crippen molar-refractivity contribution in [2.24, 2.45) is 0 Å². The Bertz CT molecular complexity index is 931. The number of carbonyl (C=O) groups is 1. The van der Waals surface area contributed by atoms with Crippen LogP contribution in [0.25, 0.3) is 0 Å². The Kier molecular flexibility index (Phi) is 5.94. The Morgan fingerprint density at radius 2 is 1.85 bits per heavy atom. The molecule has 0 aromatic heterocycles. The highest BCUT2D eigenvalue weighted by molar-refractivity contribution is 7.89. The van der Waals surface area contributed by atoms with Crippen molar-refractivity contribution >= 4 is 33.2 Å². The summed E-state index contributed by atoms with van der Waals surface area (Å²) in [5, 5.41) is 1.80. The molecular formula is C16H14ClF3N2O3S. The summed E-state index contributed by atoms with van der Waals surface area (Å²) in [4.78, 5) is 12.1. The fourth-order valence-electron chi connectivity index (χ4n) is 2.10. The first-order chi connectivity index (χ1) is 12.0. The van der Waals surface area contributed by atoms with E-state index in [0.29, 0.717) is 6.07 Å². The van der Waals surface area contributed by atoms with Gasteiger partial charge >= 0.3 is 6.18 Å². The Morgan fingerprint density at radius 3 is 2.46 bits per heavy atom. The number of nitrogens with one attached hydrogen (secondary N) is 2. The van der Waals surface area contributed by atoms with Crippen LogP contribution in [0.3, 0.4) is 0 Å². The molecule has 140 valence electrons. The van der Waals surface area contributed by atoms with Gasteiger partial charge in [-0.05, 0) is 36.4 Å². The van der Waals surface area contributed by atoms with Crippen LogP contribution >= 0.6 is 11.6 Å². The number of carbonyl (C=O) groups excluding carboxylic acids is 1. The SMILES string of the molecule is CCNS(=O)(=O)c1cccc(C(=O)Nc2ccc(Cl)c(C(F)(F)F)c2)c1. The van der Waals surface area contributed by atoms with E-state index in [0.717, 1.165) is 12.1 Å².